The number of carbonyl (C=O) groups excluding carboxylic acids is 1. The summed E-state index contributed by atoms with van der Waals surface area (Å²) in [6.07, 6.45) is -4.52. The van der Waals surface area contributed by atoms with Gasteiger partial charge < -0.3 is 10.1 Å². The van der Waals surface area contributed by atoms with Gasteiger partial charge in [0, 0.05) is 5.56 Å². The van der Waals surface area contributed by atoms with Crippen LogP contribution in [0.25, 0.3) is 11.3 Å². The summed E-state index contributed by atoms with van der Waals surface area (Å²) in [5.41, 5.74) is 1.86. The van der Waals surface area contributed by atoms with Gasteiger partial charge in [0.05, 0.1) is 29.8 Å². The Balaban J connectivity index is 1.63. The van der Waals surface area contributed by atoms with Crippen molar-refractivity contribution in [2.75, 3.05) is 18.2 Å². The number of thioether (sulfide) groups is 1. The number of amides is 1. The van der Waals surface area contributed by atoms with Gasteiger partial charge in [-0.2, -0.15) is 13.2 Å². The summed E-state index contributed by atoms with van der Waals surface area (Å²) in [5, 5.41) is 11.2. The van der Waals surface area contributed by atoms with E-state index in [0.717, 1.165) is 35.0 Å². The first kappa shape index (κ1) is 21.6. The van der Waals surface area contributed by atoms with Crippen molar-refractivity contribution in [2.45, 2.75) is 18.1 Å². The third-order valence-electron chi connectivity index (χ3n) is 4.14. The zero-order valence-electron chi connectivity index (χ0n) is 16.2. The fraction of sp³-hybridized carbons (Fsp3) is 0.190. The van der Waals surface area contributed by atoms with Crippen LogP contribution >= 0.6 is 11.8 Å². The standard InChI is InChI=1S/C21H18F3N3O2S/c1-13-3-5-14(6-4-13)16-8-10-20(27-26-16)30-12-19(28)25-17-11-15(21(22,23)24)7-9-18(17)29-2/h3-11H,12H2,1-2H3,(H,25,28). The molecule has 1 heterocycles. The lowest BCUT2D eigenvalue weighted by Gasteiger charge is -2.13. The van der Waals surface area contributed by atoms with Crippen molar-refractivity contribution in [3.8, 4) is 17.0 Å². The van der Waals surface area contributed by atoms with Gasteiger partial charge in [-0.15, -0.1) is 10.2 Å². The van der Waals surface area contributed by atoms with Crippen molar-refractivity contribution in [3.63, 3.8) is 0 Å². The van der Waals surface area contributed by atoms with Crippen LogP contribution in [-0.2, 0) is 11.0 Å². The van der Waals surface area contributed by atoms with E-state index in [0.29, 0.717) is 10.7 Å². The minimum absolute atomic E-state index is 0.0428. The Kier molecular flexibility index (Phi) is 6.61. The van der Waals surface area contributed by atoms with E-state index in [1.165, 1.54) is 13.2 Å². The van der Waals surface area contributed by atoms with Gasteiger partial charge in [0.1, 0.15) is 10.8 Å². The molecule has 9 heteroatoms. The number of aromatic nitrogens is 2. The predicted molar refractivity (Wildman–Crippen MR) is 110 cm³/mol. The highest BCUT2D eigenvalue weighted by molar-refractivity contribution is 7.99. The molecule has 0 aliphatic heterocycles. The second kappa shape index (κ2) is 9.17. The molecule has 0 spiro atoms. The van der Waals surface area contributed by atoms with Gasteiger partial charge in [-0.3, -0.25) is 4.79 Å². The number of hydrogen-bond acceptors (Lipinski definition) is 5. The van der Waals surface area contributed by atoms with Crippen molar-refractivity contribution in [1.82, 2.24) is 10.2 Å². The molecule has 30 heavy (non-hydrogen) atoms. The lowest BCUT2D eigenvalue weighted by Crippen LogP contribution is -2.16. The van der Waals surface area contributed by atoms with E-state index in [-0.39, 0.29) is 17.2 Å². The van der Waals surface area contributed by atoms with Crippen molar-refractivity contribution in [2.24, 2.45) is 0 Å². The highest BCUT2D eigenvalue weighted by Crippen LogP contribution is 2.35. The summed E-state index contributed by atoms with van der Waals surface area (Å²) >= 11 is 1.13. The molecule has 156 valence electrons. The molecule has 0 fully saturated rings. The number of benzene rings is 2. The number of hydrogen-bond donors (Lipinski definition) is 1. The maximum atomic E-state index is 12.9. The molecule has 5 nitrogen and oxygen atoms in total. The number of alkyl halides is 3. The lowest BCUT2D eigenvalue weighted by atomic mass is 10.1. The molecule has 2 aromatic carbocycles. The van der Waals surface area contributed by atoms with Gasteiger partial charge in [0.25, 0.3) is 0 Å². The number of carbonyl (C=O) groups is 1. The van der Waals surface area contributed by atoms with Crippen molar-refractivity contribution >= 4 is 23.4 Å². The minimum atomic E-state index is -4.52. The highest BCUT2D eigenvalue weighted by atomic mass is 32.2. The Morgan fingerprint density at radius 2 is 1.80 bits per heavy atom. The first-order valence-corrected chi connectivity index (χ1v) is 9.83. The molecule has 1 N–H and O–H groups in total. The van der Waals surface area contributed by atoms with Crippen LogP contribution in [0.1, 0.15) is 11.1 Å². The number of rotatable bonds is 6. The Morgan fingerprint density at radius 1 is 1.07 bits per heavy atom. The van der Waals surface area contributed by atoms with E-state index < -0.39 is 17.6 Å². The van der Waals surface area contributed by atoms with E-state index >= 15 is 0 Å². The number of anilines is 1. The predicted octanol–water partition coefficient (Wildman–Crippen LogP) is 5.21. The quantitative estimate of drug-likeness (QED) is 0.541. The van der Waals surface area contributed by atoms with Gasteiger partial charge in [-0.25, -0.2) is 0 Å². The number of methoxy groups -OCH3 is 1. The summed E-state index contributed by atoms with van der Waals surface area (Å²) in [6, 6.07) is 14.3. The molecule has 0 aliphatic carbocycles. The van der Waals surface area contributed by atoms with Crippen molar-refractivity contribution in [3.05, 3.63) is 65.7 Å². The fourth-order valence-corrected chi connectivity index (χ4v) is 3.20. The molecule has 0 radical (unpaired) electrons. The Hall–Kier alpha value is -3.07. The zero-order chi connectivity index (χ0) is 21.7. The number of nitrogens with one attached hydrogen (secondary N) is 1. The normalized spacial score (nSPS) is 11.2. The van der Waals surface area contributed by atoms with E-state index in [1.807, 2.05) is 31.2 Å². The van der Waals surface area contributed by atoms with Crippen LogP contribution in [0, 0.1) is 6.92 Å². The van der Waals surface area contributed by atoms with E-state index in [9.17, 15) is 18.0 Å². The maximum Gasteiger partial charge on any atom is 0.416 e. The topological polar surface area (TPSA) is 64.1 Å². The third kappa shape index (κ3) is 5.50. The maximum absolute atomic E-state index is 12.9. The van der Waals surface area contributed by atoms with Crippen LogP contribution in [0.3, 0.4) is 0 Å². The van der Waals surface area contributed by atoms with E-state index in [2.05, 4.69) is 15.5 Å². The van der Waals surface area contributed by atoms with Crippen molar-refractivity contribution < 1.29 is 22.7 Å². The largest absolute Gasteiger partial charge is 0.495 e. The molecule has 0 saturated carbocycles. The lowest BCUT2D eigenvalue weighted by molar-refractivity contribution is -0.137. The fourth-order valence-electron chi connectivity index (χ4n) is 2.58. The number of halogens is 3. The van der Waals surface area contributed by atoms with E-state index in [1.54, 1.807) is 12.1 Å². The second-order valence-corrected chi connectivity index (χ2v) is 7.37. The van der Waals surface area contributed by atoms with Crippen molar-refractivity contribution in [1.29, 1.82) is 0 Å². The van der Waals surface area contributed by atoms with Crippen LogP contribution in [0.15, 0.2) is 59.6 Å². The second-order valence-electron chi connectivity index (χ2n) is 6.37. The SMILES string of the molecule is COc1ccc(C(F)(F)F)cc1NC(=O)CSc1ccc(-c2ccc(C)cc2)nn1. The molecule has 3 aromatic rings. The summed E-state index contributed by atoms with van der Waals surface area (Å²) < 4.78 is 43.8. The Morgan fingerprint density at radius 3 is 2.40 bits per heavy atom. The van der Waals surface area contributed by atoms with Gasteiger partial charge in [-0.1, -0.05) is 41.6 Å². The average molecular weight is 433 g/mol. The van der Waals surface area contributed by atoms with Crippen LogP contribution < -0.4 is 10.1 Å². The third-order valence-corrected chi connectivity index (χ3v) is 5.06. The summed E-state index contributed by atoms with van der Waals surface area (Å²) in [5.74, 6) is -0.386. The molecule has 0 unspecified atom stereocenters. The summed E-state index contributed by atoms with van der Waals surface area (Å²) in [4.78, 5) is 12.2. The highest BCUT2D eigenvalue weighted by Gasteiger charge is 2.31. The van der Waals surface area contributed by atoms with Gasteiger partial charge >= 0.3 is 6.18 Å². The van der Waals surface area contributed by atoms with Gasteiger partial charge in [-0.05, 0) is 37.3 Å². The minimum Gasteiger partial charge on any atom is -0.495 e. The number of nitrogens with zero attached hydrogens (tertiary/aromatic N) is 2. The van der Waals surface area contributed by atoms with Crippen LogP contribution in [0.5, 0.6) is 5.75 Å². The van der Waals surface area contributed by atoms with Gasteiger partial charge in [0.2, 0.25) is 5.91 Å². The zero-order valence-corrected chi connectivity index (χ0v) is 17.0. The first-order valence-electron chi connectivity index (χ1n) is 8.85. The van der Waals surface area contributed by atoms with Crippen LogP contribution in [0.2, 0.25) is 0 Å². The Bertz CT molecular complexity index is 1020. The van der Waals surface area contributed by atoms with Crippen LogP contribution in [-0.4, -0.2) is 29.0 Å². The summed E-state index contributed by atoms with van der Waals surface area (Å²) in [7, 11) is 1.32. The molecule has 1 aromatic heterocycles. The molecule has 3 rings (SSSR count). The van der Waals surface area contributed by atoms with Crippen LogP contribution in [0.4, 0.5) is 18.9 Å². The number of ether oxygens (including phenoxy) is 1. The molecular formula is C21H18F3N3O2S. The Labute approximate surface area is 175 Å². The monoisotopic (exact) mass is 433 g/mol. The average Bonchev–Trinajstić information content (AvgIpc) is 2.72. The molecule has 0 bridgehead atoms. The number of aryl methyl sites for hydroxylation is 1. The molecule has 1 amide bonds. The smallest absolute Gasteiger partial charge is 0.416 e. The summed E-state index contributed by atoms with van der Waals surface area (Å²) in [6.45, 7) is 2.00. The first-order chi connectivity index (χ1) is 14.3. The molecule has 0 aliphatic rings. The van der Waals surface area contributed by atoms with E-state index in [4.69, 9.17) is 4.74 Å². The van der Waals surface area contributed by atoms with Gasteiger partial charge in [0.15, 0.2) is 0 Å². The molecule has 0 atom stereocenters. The molecular weight excluding hydrogens is 415 g/mol. The molecule has 0 saturated heterocycles.